The molecule has 15 heavy (non-hydrogen) atoms. The molecule has 0 unspecified atom stereocenters. The fourth-order valence-corrected chi connectivity index (χ4v) is 1.52. The van der Waals surface area contributed by atoms with E-state index in [1.807, 2.05) is 27.7 Å². The number of rotatable bonds is 2. The molecule has 4 nitrogen and oxygen atoms in total. The normalized spacial score (nSPS) is 26.3. The van der Waals surface area contributed by atoms with Gasteiger partial charge in [-0.3, -0.25) is 0 Å². The maximum Gasteiger partial charge on any atom is 0.407 e. The Morgan fingerprint density at radius 3 is 2.60 bits per heavy atom. The van der Waals surface area contributed by atoms with Crippen molar-refractivity contribution in [2.45, 2.75) is 45.8 Å². The van der Waals surface area contributed by atoms with Crippen molar-refractivity contribution < 1.29 is 9.53 Å². The maximum absolute atomic E-state index is 11.4. The van der Waals surface area contributed by atoms with E-state index in [9.17, 15) is 4.79 Å². The van der Waals surface area contributed by atoms with Crippen LogP contribution in [-0.4, -0.2) is 17.7 Å². The first-order valence-corrected chi connectivity index (χ1v) is 5.22. The van der Waals surface area contributed by atoms with Gasteiger partial charge >= 0.3 is 6.09 Å². The number of alkyl carbamates (subject to hydrolysis) is 1. The van der Waals surface area contributed by atoms with Crippen molar-refractivity contribution in [3.05, 3.63) is 0 Å². The molecule has 0 saturated heterocycles. The molecule has 0 bridgehead atoms. The second kappa shape index (κ2) is 4.09. The first-order chi connectivity index (χ1) is 6.83. The molecule has 1 N–H and O–H groups in total. The lowest BCUT2D eigenvalue weighted by Gasteiger charge is -2.21. The van der Waals surface area contributed by atoms with Gasteiger partial charge in [-0.05, 0) is 40.0 Å². The Morgan fingerprint density at radius 1 is 1.60 bits per heavy atom. The zero-order chi connectivity index (χ0) is 11.6. The summed E-state index contributed by atoms with van der Waals surface area (Å²) < 4.78 is 5.12. The monoisotopic (exact) mass is 210 g/mol. The van der Waals surface area contributed by atoms with Crippen LogP contribution >= 0.6 is 0 Å². The van der Waals surface area contributed by atoms with Gasteiger partial charge in [0.25, 0.3) is 0 Å². The Kier molecular flexibility index (Phi) is 3.23. The van der Waals surface area contributed by atoms with Crippen LogP contribution in [0.25, 0.3) is 0 Å². The lowest BCUT2D eigenvalue weighted by atomic mass is 10.2. The average Bonchev–Trinajstić information content (AvgIpc) is 2.77. The minimum atomic E-state index is -0.470. The number of hydrogen-bond donors (Lipinski definition) is 1. The van der Waals surface area contributed by atoms with Gasteiger partial charge in [-0.1, -0.05) is 0 Å². The van der Waals surface area contributed by atoms with Crippen LogP contribution in [0, 0.1) is 23.2 Å². The number of amides is 1. The Bertz CT molecular complexity index is 288. The predicted molar refractivity (Wildman–Crippen MR) is 56.0 cm³/mol. The van der Waals surface area contributed by atoms with E-state index in [0.29, 0.717) is 5.92 Å². The van der Waals surface area contributed by atoms with Crippen LogP contribution in [0.3, 0.4) is 0 Å². The van der Waals surface area contributed by atoms with Crippen molar-refractivity contribution in [2.75, 3.05) is 0 Å². The second-order valence-electron chi connectivity index (χ2n) is 5.07. The number of carbonyl (C=O) groups is 1. The zero-order valence-electron chi connectivity index (χ0n) is 9.70. The van der Waals surface area contributed by atoms with Gasteiger partial charge in [0.2, 0.25) is 0 Å². The Morgan fingerprint density at radius 2 is 2.20 bits per heavy atom. The molecule has 0 spiro atoms. The maximum atomic E-state index is 11.4. The van der Waals surface area contributed by atoms with Crippen molar-refractivity contribution in [2.24, 2.45) is 11.8 Å². The third-order valence-electron chi connectivity index (χ3n) is 2.39. The highest BCUT2D eigenvalue weighted by molar-refractivity contribution is 5.68. The third kappa shape index (κ3) is 3.78. The highest BCUT2D eigenvalue weighted by Crippen LogP contribution is 2.40. The summed E-state index contributed by atoms with van der Waals surface area (Å²) in [6, 6.07) is 2.22. The summed E-state index contributed by atoms with van der Waals surface area (Å²) in [7, 11) is 0. The molecule has 1 rings (SSSR count). The highest BCUT2D eigenvalue weighted by atomic mass is 16.6. The summed E-state index contributed by atoms with van der Waals surface area (Å²) >= 11 is 0. The van der Waals surface area contributed by atoms with Crippen LogP contribution in [0.5, 0.6) is 0 Å². The molecular weight excluding hydrogens is 192 g/mol. The zero-order valence-corrected chi connectivity index (χ0v) is 9.70. The van der Waals surface area contributed by atoms with Crippen LogP contribution < -0.4 is 5.32 Å². The van der Waals surface area contributed by atoms with Gasteiger partial charge in [0.05, 0.1) is 12.0 Å². The molecule has 0 radical (unpaired) electrons. The molecular formula is C11H18N2O2. The highest BCUT2D eigenvalue weighted by Gasteiger charge is 2.42. The van der Waals surface area contributed by atoms with Gasteiger partial charge in [0.15, 0.2) is 0 Å². The molecule has 4 heteroatoms. The number of nitriles is 1. The van der Waals surface area contributed by atoms with Crippen LogP contribution in [0.15, 0.2) is 0 Å². The molecule has 0 aromatic rings. The SMILES string of the molecule is C[C@@H](NC(=O)OC(C)(C)C)[C@H]1C[C@H]1C#N. The molecule has 1 fully saturated rings. The van der Waals surface area contributed by atoms with Crippen LogP contribution in [0.2, 0.25) is 0 Å². The van der Waals surface area contributed by atoms with E-state index >= 15 is 0 Å². The van der Waals surface area contributed by atoms with Gasteiger partial charge in [-0.25, -0.2) is 4.79 Å². The van der Waals surface area contributed by atoms with Crippen LogP contribution in [0.1, 0.15) is 34.1 Å². The van der Waals surface area contributed by atoms with E-state index in [4.69, 9.17) is 10.00 Å². The third-order valence-corrected chi connectivity index (χ3v) is 2.39. The van der Waals surface area contributed by atoms with Crippen molar-refractivity contribution in [3.8, 4) is 6.07 Å². The van der Waals surface area contributed by atoms with Gasteiger partial charge in [0.1, 0.15) is 5.60 Å². The molecule has 0 heterocycles. The Labute approximate surface area is 90.6 Å². The van der Waals surface area contributed by atoms with E-state index < -0.39 is 11.7 Å². The summed E-state index contributed by atoms with van der Waals surface area (Å²) in [5.41, 5.74) is -0.470. The summed E-state index contributed by atoms with van der Waals surface area (Å²) in [6.07, 6.45) is 0.478. The summed E-state index contributed by atoms with van der Waals surface area (Å²) in [6.45, 7) is 7.39. The van der Waals surface area contributed by atoms with E-state index in [2.05, 4.69) is 11.4 Å². The largest absolute Gasteiger partial charge is 0.444 e. The van der Waals surface area contributed by atoms with Crippen LogP contribution in [-0.2, 0) is 4.74 Å². The van der Waals surface area contributed by atoms with Crippen molar-refractivity contribution in [3.63, 3.8) is 0 Å². The van der Waals surface area contributed by atoms with Crippen molar-refractivity contribution in [1.82, 2.24) is 5.32 Å². The minimum absolute atomic E-state index is 0.0181. The number of nitrogens with zero attached hydrogens (tertiary/aromatic N) is 1. The first kappa shape index (κ1) is 11.8. The molecule has 1 amide bonds. The van der Waals surface area contributed by atoms with Gasteiger partial charge < -0.3 is 10.1 Å². The van der Waals surface area contributed by atoms with Crippen molar-refractivity contribution >= 4 is 6.09 Å². The number of carbonyl (C=O) groups excluding carboxylic acids is 1. The number of hydrogen-bond acceptors (Lipinski definition) is 3. The quantitative estimate of drug-likeness (QED) is 0.758. The van der Waals surface area contributed by atoms with Gasteiger partial charge in [-0.2, -0.15) is 5.26 Å². The predicted octanol–water partition coefficient (Wildman–Crippen LogP) is 2.06. The van der Waals surface area contributed by atoms with Crippen molar-refractivity contribution in [1.29, 1.82) is 5.26 Å². The molecule has 0 aliphatic heterocycles. The number of nitrogens with one attached hydrogen (secondary N) is 1. The van der Waals surface area contributed by atoms with E-state index in [1.165, 1.54) is 0 Å². The first-order valence-electron chi connectivity index (χ1n) is 5.22. The molecule has 1 aliphatic carbocycles. The topological polar surface area (TPSA) is 62.1 Å². The summed E-state index contributed by atoms with van der Waals surface area (Å²) in [4.78, 5) is 11.4. The fraction of sp³-hybridized carbons (Fsp3) is 0.818. The molecule has 0 aromatic heterocycles. The summed E-state index contributed by atoms with van der Waals surface area (Å²) in [5, 5.41) is 11.4. The lowest BCUT2D eigenvalue weighted by molar-refractivity contribution is 0.0502. The van der Waals surface area contributed by atoms with Gasteiger partial charge in [-0.15, -0.1) is 0 Å². The Balaban J connectivity index is 2.31. The molecule has 3 atom stereocenters. The molecule has 84 valence electrons. The van der Waals surface area contributed by atoms with E-state index in [1.54, 1.807) is 0 Å². The van der Waals surface area contributed by atoms with Crippen LogP contribution in [0.4, 0.5) is 4.79 Å². The standard InChI is InChI=1S/C11H18N2O2/c1-7(9-5-8(9)6-12)13-10(14)15-11(2,3)4/h7-9H,5H2,1-4H3,(H,13,14)/t7-,8+,9-/m1/s1. The van der Waals surface area contributed by atoms with E-state index in [-0.39, 0.29) is 12.0 Å². The Hall–Kier alpha value is -1.24. The number of ether oxygens (including phenoxy) is 1. The van der Waals surface area contributed by atoms with E-state index in [0.717, 1.165) is 6.42 Å². The molecule has 0 aromatic carbocycles. The second-order valence-corrected chi connectivity index (χ2v) is 5.07. The van der Waals surface area contributed by atoms with Gasteiger partial charge in [0, 0.05) is 6.04 Å². The molecule has 1 aliphatic rings. The minimum Gasteiger partial charge on any atom is -0.444 e. The summed E-state index contributed by atoms with van der Waals surface area (Å²) in [5.74, 6) is 0.400. The molecule has 1 saturated carbocycles. The lowest BCUT2D eigenvalue weighted by Crippen LogP contribution is -2.38. The average molecular weight is 210 g/mol. The fourth-order valence-electron chi connectivity index (χ4n) is 1.52. The smallest absolute Gasteiger partial charge is 0.407 e.